The summed E-state index contributed by atoms with van der Waals surface area (Å²) in [5, 5.41) is 34.5. The molecule has 68 valence electrons. The molecule has 0 rings (SSSR count). The summed E-state index contributed by atoms with van der Waals surface area (Å²) in [5.41, 5.74) is 0. The third-order valence-corrected chi connectivity index (χ3v) is 1.21. The average molecular weight is 166 g/mol. The molecule has 3 unspecified atom stereocenters. The lowest BCUT2D eigenvalue weighted by molar-refractivity contribution is -0.187. The summed E-state index contributed by atoms with van der Waals surface area (Å²) in [6, 6.07) is 0. The third-order valence-electron chi connectivity index (χ3n) is 1.21. The molecular formula is C6H14O5. The average Bonchev–Trinajstić information content (AvgIpc) is 1.99. The van der Waals surface area contributed by atoms with Gasteiger partial charge in [-0.15, -0.1) is 0 Å². The van der Waals surface area contributed by atoms with Crippen LogP contribution in [0.5, 0.6) is 0 Å². The fourth-order valence-electron chi connectivity index (χ4n) is 0.554. The highest BCUT2D eigenvalue weighted by Crippen LogP contribution is 2.00. The highest BCUT2D eigenvalue weighted by Gasteiger charge is 2.17. The Bertz CT molecular complexity index is 95.0. The number of hydrogen-bond donors (Lipinski definition) is 4. The first-order valence-corrected chi connectivity index (χ1v) is 3.35. The molecule has 0 aliphatic heterocycles. The van der Waals surface area contributed by atoms with Gasteiger partial charge in [0, 0.05) is 0 Å². The third kappa shape index (κ3) is 4.28. The van der Waals surface area contributed by atoms with Crippen molar-refractivity contribution in [1.29, 1.82) is 0 Å². The number of hydrogen-bond acceptors (Lipinski definition) is 5. The van der Waals surface area contributed by atoms with Gasteiger partial charge in [-0.1, -0.05) is 0 Å². The molecule has 0 spiro atoms. The highest BCUT2D eigenvalue weighted by molar-refractivity contribution is 4.62. The van der Waals surface area contributed by atoms with E-state index in [0.29, 0.717) is 0 Å². The quantitative estimate of drug-likeness (QED) is 0.357. The predicted octanol–water partition coefficient (Wildman–Crippen LogP) is -1.94. The molecule has 0 saturated heterocycles. The number of rotatable bonds is 5. The van der Waals surface area contributed by atoms with Crippen molar-refractivity contribution >= 4 is 0 Å². The second-order valence-electron chi connectivity index (χ2n) is 2.23. The van der Waals surface area contributed by atoms with Gasteiger partial charge in [0.1, 0.15) is 6.10 Å². The molecule has 0 amide bonds. The van der Waals surface area contributed by atoms with Crippen molar-refractivity contribution in [3.05, 3.63) is 0 Å². The van der Waals surface area contributed by atoms with Crippen molar-refractivity contribution in [3.63, 3.8) is 0 Å². The molecular weight excluding hydrogens is 152 g/mol. The molecule has 0 aliphatic rings. The molecule has 0 aromatic rings. The number of aliphatic hydroxyl groups is 4. The molecule has 0 fully saturated rings. The SMILES string of the molecule is CC(O)C(CO)OC(O)CO. The largest absolute Gasteiger partial charge is 0.394 e. The number of aliphatic hydroxyl groups excluding tert-OH is 4. The lowest BCUT2D eigenvalue weighted by atomic mass is 10.2. The maximum Gasteiger partial charge on any atom is 0.178 e. The molecule has 5 heteroatoms. The van der Waals surface area contributed by atoms with Crippen LogP contribution in [0.3, 0.4) is 0 Å². The van der Waals surface area contributed by atoms with Crippen LogP contribution in [0.15, 0.2) is 0 Å². The zero-order valence-electron chi connectivity index (χ0n) is 6.34. The second kappa shape index (κ2) is 5.45. The molecule has 0 saturated carbocycles. The first-order valence-electron chi connectivity index (χ1n) is 3.35. The van der Waals surface area contributed by atoms with E-state index in [1.54, 1.807) is 0 Å². The lowest BCUT2D eigenvalue weighted by Gasteiger charge is -2.20. The minimum atomic E-state index is -1.35. The minimum absolute atomic E-state index is 0.394. The molecule has 3 atom stereocenters. The summed E-state index contributed by atoms with van der Waals surface area (Å²) < 4.78 is 4.62. The van der Waals surface area contributed by atoms with Crippen molar-refractivity contribution < 1.29 is 25.2 Å². The highest BCUT2D eigenvalue weighted by atomic mass is 16.6. The van der Waals surface area contributed by atoms with Crippen LogP contribution in [-0.2, 0) is 4.74 Å². The predicted molar refractivity (Wildman–Crippen MR) is 36.7 cm³/mol. The van der Waals surface area contributed by atoms with E-state index in [1.807, 2.05) is 0 Å². The molecule has 11 heavy (non-hydrogen) atoms. The van der Waals surface area contributed by atoms with E-state index in [-0.39, 0.29) is 0 Å². The first kappa shape index (κ1) is 10.8. The van der Waals surface area contributed by atoms with Crippen LogP contribution < -0.4 is 0 Å². The lowest BCUT2D eigenvalue weighted by Crippen LogP contribution is -2.35. The van der Waals surface area contributed by atoms with Gasteiger partial charge >= 0.3 is 0 Å². The van der Waals surface area contributed by atoms with Gasteiger partial charge < -0.3 is 25.2 Å². The van der Waals surface area contributed by atoms with Crippen LogP contribution in [0.2, 0.25) is 0 Å². The van der Waals surface area contributed by atoms with Gasteiger partial charge in [-0.05, 0) is 6.92 Å². The van der Waals surface area contributed by atoms with Crippen LogP contribution in [0.4, 0.5) is 0 Å². The minimum Gasteiger partial charge on any atom is -0.394 e. The standard InChI is InChI=1S/C6H14O5/c1-4(9)5(2-7)11-6(10)3-8/h4-10H,2-3H2,1H3. The zero-order chi connectivity index (χ0) is 8.85. The van der Waals surface area contributed by atoms with Crippen molar-refractivity contribution in [3.8, 4) is 0 Å². The van der Waals surface area contributed by atoms with Crippen LogP contribution in [0.25, 0.3) is 0 Å². The zero-order valence-corrected chi connectivity index (χ0v) is 6.34. The smallest absolute Gasteiger partial charge is 0.178 e. The summed E-state index contributed by atoms with van der Waals surface area (Å²) in [6.45, 7) is 0.475. The van der Waals surface area contributed by atoms with Crippen LogP contribution >= 0.6 is 0 Å². The first-order chi connectivity index (χ1) is 5.11. The Morgan fingerprint density at radius 1 is 1.18 bits per heavy atom. The summed E-state index contributed by atoms with van der Waals surface area (Å²) in [6.07, 6.45) is -3.07. The Balaban J connectivity index is 3.68. The fourth-order valence-corrected chi connectivity index (χ4v) is 0.554. The second-order valence-corrected chi connectivity index (χ2v) is 2.23. The van der Waals surface area contributed by atoms with Crippen molar-refractivity contribution in [2.45, 2.75) is 25.4 Å². The number of ether oxygens (including phenoxy) is 1. The van der Waals surface area contributed by atoms with Gasteiger partial charge in [0.15, 0.2) is 6.29 Å². The molecule has 5 nitrogen and oxygen atoms in total. The van der Waals surface area contributed by atoms with Crippen LogP contribution in [0.1, 0.15) is 6.92 Å². The van der Waals surface area contributed by atoms with Crippen molar-refractivity contribution in [2.24, 2.45) is 0 Å². The van der Waals surface area contributed by atoms with E-state index in [4.69, 9.17) is 20.4 Å². The van der Waals surface area contributed by atoms with Crippen LogP contribution in [0, 0.1) is 0 Å². The van der Waals surface area contributed by atoms with E-state index >= 15 is 0 Å². The molecule has 0 aromatic heterocycles. The summed E-state index contributed by atoms with van der Waals surface area (Å²) >= 11 is 0. The Hall–Kier alpha value is -0.200. The summed E-state index contributed by atoms with van der Waals surface area (Å²) in [7, 11) is 0. The topological polar surface area (TPSA) is 90.2 Å². The van der Waals surface area contributed by atoms with E-state index in [9.17, 15) is 0 Å². The Morgan fingerprint density at radius 2 is 1.73 bits per heavy atom. The van der Waals surface area contributed by atoms with Crippen molar-refractivity contribution in [2.75, 3.05) is 13.2 Å². The monoisotopic (exact) mass is 166 g/mol. The molecule has 0 aromatic carbocycles. The maximum absolute atomic E-state index is 8.88. The Morgan fingerprint density at radius 3 is 2.00 bits per heavy atom. The van der Waals surface area contributed by atoms with E-state index < -0.39 is 31.7 Å². The van der Waals surface area contributed by atoms with Crippen LogP contribution in [-0.4, -0.2) is 52.1 Å². The maximum atomic E-state index is 8.88. The normalized spacial score (nSPS) is 19.4. The van der Waals surface area contributed by atoms with Gasteiger partial charge in [-0.2, -0.15) is 0 Å². The van der Waals surface area contributed by atoms with Crippen molar-refractivity contribution in [1.82, 2.24) is 0 Å². The molecule has 0 aliphatic carbocycles. The van der Waals surface area contributed by atoms with Gasteiger partial charge in [0.25, 0.3) is 0 Å². The fraction of sp³-hybridized carbons (Fsp3) is 1.00. The molecule has 0 bridgehead atoms. The molecule has 0 radical (unpaired) electrons. The van der Waals surface area contributed by atoms with Gasteiger partial charge in [0.2, 0.25) is 0 Å². The summed E-state index contributed by atoms with van der Waals surface area (Å²) in [5.74, 6) is 0. The molecule has 4 N–H and O–H groups in total. The van der Waals surface area contributed by atoms with Gasteiger partial charge in [0.05, 0.1) is 19.3 Å². The molecule has 0 heterocycles. The Kier molecular flexibility index (Phi) is 5.35. The van der Waals surface area contributed by atoms with E-state index in [1.165, 1.54) is 6.92 Å². The van der Waals surface area contributed by atoms with E-state index in [0.717, 1.165) is 0 Å². The Labute approximate surface area is 64.9 Å². The summed E-state index contributed by atoms with van der Waals surface area (Å²) in [4.78, 5) is 0. The van der Waals surface area contributed by atoms with Gasteiger partial charge in [-0.25, -0.2) is 0 Å². The van der Waals surface area contributed by atoms with E-state index in [2.05, 4.69) is 4.74 Å². The van der Waals surface area contributed by atoms with Gasteiger partial charge in [-0.3, -0.25) is 0 Å².